The molecule has 0 bridgehead atoms. The van der Waals surface area contributed by atoms with Gasteiger partial charge in [0.15, 0.2) is 4.32 Å². The molecular weight excluding hydrogens is 248 g/mol. The predicted octanol–water partition coefficient (Wildman–Crippen LogP) is 3.41. The van der Waals surface area contributed by atoms with Gasteiger partial charge in [0.1, 0.15) is 0 Å². The van der Waals surface area contributed by atoms with Gasteiger partial charge >= 0.3 is 0 Å². The third kappa shape index (κ3) is 3.28. The Balaban J connectivity index is 2.16. The fourth-order valence-electron chi connectivity index (χ4n) is 1.49. The Bertz CT molecular complexity index is 564. The van der Waals surface area contributed by atoms with Crippen LogP contribution in [0.4, 0.5) is 0 Å². The van der Waals surface area contributed by atoms with Crippen molar-refractivity contribution in [2.75, 3.05) is 6.26 Å². The van der Waals surface area contributed by atoms with E-state index in [1.165, 1.54) is 22.5 Å². The second-order valence-electron chi connectivity index (χ2n) is 3.47. The van der Waals surface area contributed by atoms with Crippen molar-refractivity contribution < 1.29 is 0 Å². The van der Waals surface area contributed by atoms with Gasteiger partial charge in [-0.2, -0.15) is 5.10 Å². The van der Waals surface area contributed by atoms with Gasteiger partial charge in [-0.25, -0.2) is 0 Å². The molecule has 4 heteroatoms. The highest BCUT2D eigenvalue weighted by Crippen LogP contribution is 2.14. The zero-order valence-electron chi connectivity index (χ0n) is 9.38. The van der Waals surface area contributed by atoms with Crippen LogP contribution in [-0.4, -0.2) is 16.8 Å². The lowest BCUT2D eigenvalue weighted by Crippen LogP contribution is -2.10. The molecule has 17 heavy (non-hydrogen) atoms. The molecule has 0 aliphatic carbocycles. The van der Waals surface area contributed by atoms with Crippen LogP contribution in [-0.2, 0) is 0 Å². The first-order chi connectivity index (χ1) is 8.29. The van der Waals surface area contributed by atoms with Crippen molar-refractivity contribution in [3.8, 4) is 0 Å². The summed E-state index contributed by atoms with van der Waals surface area (Å²) in [7, 11) is 0. The molecule has 0 aromatic heterocycles. The number of fused-ring (bicyclic) bond motifs is 1. The topological polar surface area (TPSA) is 24.4 Å². The molecule has 86 valence electrons. The van der Waals surface area contributed by atoms with Crippen molar-refractivity contribution >= 4 is 45.3 Å². The number of benzene rings is 2. The summed E-state index contributed by atoms with van der Waals surface area (Å²) in [6.45, 7) is 0. The fraction of sp³-hybridized carbons (Fsp3) is 0.0769. The summed E-state index contributed by atoms with van der Waals surface area (Å²) in [5.41, 5.74) is 3.85. The number of nitrogens with one attached hydrogen (secondary N) is 1. The van der Waals surface area contributed by atoms with Gasteiger partial charge in [0.25, 0.3) is 0 Å². The van der Waals surface area contributed by atoms with Crippen LogP contribution in [0.5, 0.6) is 0 Å². The molecule has 0 amide bonds. The van der Waals surface area contributed by atoms with E-state index in [1.54, 1.807) is 6.21 Å². The largest absolute Gasteiger partial charge is 0.262 e. The Labute approximate surface area is 110 Å². The van der Waals surface area contributed by atoms with E-state index in [2.05, 4.69) is 34.8 Å². The van der Waals surface area contributed by atoms with E-state index in [-0.39, 0.29) is 0 Å². The molecule has 0 fully saturated rings. The van der Waals surface area contributed by atoms with Crippen LogP contribution in [0.1, 0.15) is 5.56 Å². The summed E-state index contributed by atoms with van der Waals surface area (Å²) in [4.78, 5) is 0. The SMILES string of the molecule is CSC(=S)NN=Cc1ccc2ccccc2c1. The van der Waals surface area contributed by atoms with Gasteiger partial charge in [0.2, 0.25) is 0 Å². The van der Waals surface area contributed by atoms with Crippen molar-refractivity contribution in [2.24, 2.45) is 5.10 Å². The first kappa shape index (κ1) is 12.1. The first-order valence-electron chi connectivity index (χ1n) is 5.15. The van der Waals surface area contributed by atoms with E-state index in [4.69, 9.17) is 12.2 Å². The third-order valence-electron chi connectivity index (χ3n) is 2.33. The lowest BCUT2D eigenvalue weighted by molar-refractivity contribution is 1.07. The lowest BCUT2D eigenvalue weighted by Gasteiger charge is -1.99. The zero-order chi connectivity index (χ0) is 12.1. The minimum absolute atomic E-state index is 0.669. The lowest BCUT2D eigenvalue weighted by atomic mass is 10.1. The van der Waals surface area contributed by atoms with Crippen LogP contribution >= 0.6 is 24.0 Å². The van der Waals surface area contributed by atoms with Gasteiger partial charge in [-0.3, -0.25) is 5.43 Å². The summed E-state index contributed by atoms with van der Waals surface area (Å²) >= 11 is 6.45. The van der Waals surface area contributed by atoms with Gasteiger partial charge in [-0.1, -0.05) is 60.4 Å². The highest BCUT2D eigenvalue weighted by molar-refractivity contribution is 8.22. The molecule has 0 unspecified atom stereocenters. The number of rotatable bonds is 2. The third-order valence-corrected chi connectivity index (χ3v) is 3.38. The van der Waals surface area contributed by atoms with Crippen LogP contribution in [0.3, 0.4) is 0 Å². The van der Waals surface area contributed by atoms with Crippen LogP contribution in [0, 0.1) is 0 Å². The maximum atomic E-state index is 4.99. The Morgan fingerprint density at radius 3 is 2.76 bits per heavy atom. The Morgan fingerprint density at radius 2 is 2.00 bits per heavy atom. The summed E-state index contributed by atoms with van der Waals surface area (Å²) in [5.74, 6) is 0. The Kier molecular flexibility index (Phi) is 4.12. The first-order valence-corrected chi connectivity index (χ1v) is 6.79. The monoisotopic (exact) mass is 260 g/mol. The number of nitrogens with zero attached hydrogens (tertiary/aromatic N) is 1. The number of hydrogen-bond acceptors (Lipinski definition) is 3. The van der Waals surface area contributed by atoms with Crippen molar-refractivity contribution in [1.29, 1.82) is 0 Å². The van der Waals surface area contributed by atoms with Gasteiger partial charge in [-0.05, 0) is 28.7 Å². The van der Waals surface area contributed by atoms with Crippen LogP contribution in [0.25, 0.3) is 10.8 Å². The molecule has 0 spiro atoms. The summed E-state index contributed by atoms with van der Waals surface area (Å²) in [6, 6.07) is 14.5. The molecule has 0 atom stereocenters. The average molecular weight is 260 g/mol. The molecule has 2 rings (SSSR count). The molecule has 2 aromatic rings. The highest BCUT2D eigenvalue weighted by atomic mass is 32.2. The Hall–Kier alpha value is -1.39. The average Bonchev–Trinajstić information content (AvgIpc) is 2.38. The molecule has 0 heterocycles. The van der Waals surface area contributed by atoms with Crippen molar-refractivity contribution in [1.82, 2.24) is 5.43 Å². The zero-order valence-corrected chi connectivity index (χ0v) is 11.0. The minimum Gasteiger partial charge on any atom is -0.262 e. The summed E-state index contributed by atoms with van der Waals surface area (Å²) in [5, 5.41) is 6.53. The smallest absolute Gasteiger partial charge is 0.153 e. The molecule has 0 radical (unpaired) electrons. The molecule has 0 aliphatic rings. The quantitative estimate of drug-likeness (QED) is 0.509. The van der Waals surface area contributed by atoms with Crippen molar-refractivity contribution in [3.63, 3.8) is 0 Å². The molecular formula is C13H12N2S2. The van der Waals surface area contributed by atoms with Crippen molar-refractivity contribution in [3.05, 3.63) is 48.0 Å². The number of hydrogen-bond donors (Lipinski definition) is 1. The standard InChI is InChI=1S/C13H12N2S2/c1-17-13(16)15-14-9-10-6-7-11-4-2-3-5-12(11)8-10/h2-9H,1H3,(H,15,16). The maximum Gasteiger partial charge on any atom is 0.153 e. The van der Waals surface area contributed by atoms with Crippen LogP contribution in [0.2, 0.25) is 0 Å². The second-order valence-corrected chi connectivity index (χ2v) is 4.95. The fourth-order valence-corrected chi connectivity index (χ4v) is 1.69. The highest BCUT2D eigenvalue weighted by Gasteiger charge is 1.93. The van der Waals surface area contributed by atoms with E-state index < -0.39 is 0 Å². The van der Waals surface area contributed by atoms with Crippen molar-refractivity contribution in [2.45, 2.75) is 0 Å². The van der Waals surface area contributed by atoms with E-state index in [0.717, 1.165) is 5.56 Å². The van der Waals surface area contributed by atoms with E-state index in [1.807, 2.05) is 24.5 Å². The van der Waals surface area contributed by atoms with E-state index in [0.29, 0.717) is 4.32 Å². The molecule has 2 nitrogen and oxygen atoms in total. The maximum absolute atomic E-state index is 4.99. The number of thiocarbonyl (C=S) groups is 1. The van der Waals surface area contributed by atoms with Gasteiger partial charge < -0.3 is 0 Å². The van der Waals surface area contributed by atoms with Gasteiger partial charge in [0, 0.05) is 0 Å². The minimum atomic E-state index is 0.669. The van der Waals surface area contributed by atoms with E-state index in [9.17, 15) is 0 Å². The normalized spacial score (nSPS) is 10.9. The summed E-state index contributed by atoms with van der Waals surface area (Å²) < 4.78 is 0.669. The number of thioether (sulfide) groups is 1. The molecule has 0 saturated heterocycles. The number of hydrazone groups is 1. The molecule has 1 N–H and O–H groups in total. The molecule has 0 saturated carbocycles. The van der Waals surface area contributed by atoms with Crippen LogP contribution in [0.15, 0.2) is 47.6 Å². The van der Waals surface area contributed by atoms with Gasteiger partial charge in [-0.15, -0.1) is 0 Å². The predicted molar refractivity (Wildman–Crippen MR) is 80.8 cm³/mol. The molecule has 2 aromatic carbocycles. The molecule has 0 aliphatic heterocycles. The Morgan fingerprint density at radius 1 is 1.24 bits per heavy atom. The summed E-state index contributed by atoms with van der Waals surface area (Å²) in [6.07, 6.45) is 3.69. The van der Waals surface area contributed by atoms with Gasteiger partial charge in [0.05, 0.1) is 6.21 Å². The second kappa shape index (κ2) is 5.80. The van der Waals surface area contributed by atoms with E-state index >= 15 is 0 Å². The van der Waals surface area contributed by atoms with Crippen LogP contribution < -0.4 is 5.43 Å².